The fourth-order valence-corrected chi connectivity index (χ4v) is 1.98. The fourth-order valence-electron chi connectivity index (χ4n) is 1.98. The van der Waals surface area contributed by atoms with Gasteiger partial charge in [-0.1, -0.05) is 6.92 Å². The van der Waals surface area contributed by atoms with Crippen LogP contribution in [-0.4, -0.2) is 33.3 Å². The maximum absolute atomic E-state index is 11.5. The first kappa shape index (κ1) is 10.7. The molecule has 0 spiro atoms. The second-order valence-corrected chi connectivity index (χ2v) is 4.10. The largest absolute Gasteiger partial charge is 0.477 e. The molecule has 0 fully saturated rings. The molecule has 6 heteroatoms. The van der Waals surface area contributed by atoms with Gasteiger partial charge in [0.2, 0.25) is 5.91 Å². The molecule has 0 saturated heterocycles. The lowest BCUT2D eigenvalue weighted by Gasteiger charge is -2.31. The van der Waals surface area contributed by atoms with E-state index in [4.69, 9.17) is 5.11 Å². The van der Waals surface area contributed by atoms with E-state index < -0.39 is 5.97 Å². The van der Waals surface area contributed by atoms with Gasteiger partial charge in [0.15, 0.2) is 0 Å². The van der Waals surface area contributed by atoms with Crippen LogP contribution in [0.15, 0.2) is 6.20 Å². The molecule has 0 aliphatic carbocycles. The van der Waals surface area contributed by atoms with Crippen LogP contribution in [0.4, 0.5) is 5.82 Å². The third-order valence-electron chi connectivity index (χ3n) is 2.66. The van der Waals surface area contributed by atoms with E-state index in [0.29, 0.717) is 18.9 Å². The lowest BCUT2D eigenvalue weighted by molar-refractivity contribution is -0.116. The van der Waals surface area contributed by atoms with Gasteiger partial charge in [0, 0.05) is 20.0 Å². The average molecular weight is 223 g/mol. The van der Waals surface area contributed by atoms with Crippen LogP contribution < -0.4 is 4.90 Å². The van der Waals surface area contributed by atoms with Crippen LogP contribution in [0.2, 0.25) is 0 Å². The fraction of sp³-hybridized carbons (Fsp3) is 0.500. The van der Waals surface area contributed by atoms with Gasteiger partial charge in [-0.15, -0.1) is 0 Å². The zero-order valence-electron chi connectivity index (χ0n) is 9.17. The lowest BCUT2D eigenvalue weighted by Crippen LogP contribution is -2.41. The average Bonchev–Trinajstić information content (AvgIpc) is 2.59. The molecule has 86 valence electrons. The van der Waals surface area contributed by atoms with Crippen molar-refractivity contribution in [1.29, 1.82) is 0 Å². The minimum atomic E-state index is -1.05. The quantitative estimate of drug-likeness (QED) is 0.755. The van der Waals surface area contributed by atoms with Crippen molar-refractivity contribution in [2.24, 2.45) is 5.92 Å². The van der Waals surface area contributed by atoms with E-state index >= 15 is 0 Å². The first-order chi connectivity index (χ1) is 7.50. The van der Waals surface area contributed by atoms with Gasteiger partial charge >= 0.3 is 5.97 Å². The van der Waals surface area contributed by atoms with E-state index in [9.17, 15) is 9.59 Å². The number of carbonyl (C=O) groups excluding carboxylic acids is 1. The Kier molecular flexibility index (Phi) is 2.41. The third-order valence-corrected chi connectivity index (χ3v) is 2.66. The molecule has 0 saturated carbocycles. The van der Waals surface area contributed by atoms with Crippen molar-refractivity contribution < 1.29 is 14.7 Å². The highest BCUT2D eigenvalue weighted by Crippen LogP contribution is 2.27. The molecule has 16 heavy (non-hydrogen) atoms. The first-order valence-electron chi connectivity index (χ1n) is 5.08. The topological polar surface area (TPSA) is 75.4 Å². The molecule has 1 aliphatic heterocycles. The predicted octanol–water partition coefficient (Wildman–Crippen LogP) is 0.584. The summed E-state index contributed by atoms with van der Waals surface area (Å²) < 4.78 is 1.58. The highest BCUT2D eigenvalue weighted by atomic mass is 16.4. The third kappa shape index (κ3) is 1.56. The first-order valence-corrected chi connectivity index (χ1v) is 5.08. The molecule has 0 radical (unpaired) electrons. The zero-order chi connectivity index (χ0) is 11.9. The Morgan fingerprint density at radius 2 is 2.19 bits per heavy atom. The summed E-state index contributed by atoms with van der Waals surface area (Å²) in [6, 6.07) is 0. The van der Waals surface area contributed by atoms with Crippen LogP contribution in [0, 0.1) is 5.92 Å². The van der Waals surface area contributed by atoms with Gasteiger partial charge in [0.1, 0.15) is 11.4 Å². The van der Waals surface area contributed by atoms with Crippen LogP contribution in [0.5, 0.6) is 0 Å². The van der Waals surface area contributed by atoms with Gasteiger partial charge in [0.25, 0.3) is 0 Å². The summed E-state index contributed by atoms with van der Waals surface area (Å²) in [7, 11) is 0. The van der Waals surface area contributed by atoms with Crippen molar-refractivity contribution >= 4 is 17.7 Å². The number of hydrogen-bond donors (Lipinski definition) is 1. The second kappa shape index (κ2) is 3.62. The van der Waals surface area contributed by atoms with E-state index in [1.807, 2.05) is 6.92 Å². The summed E-state index contributed by atoms with van der Waals surface area (Å²) in [5.41, 5.74) is 0.0853. The second-order valence-electron chi connectivity index (χ2n) is 4.10. The maximum atomic E-state index is 11.5. The Bertz CT molecular complexity index is 452. The summed E-state index contributed by atoms with van der Waals surface area (Å²) in [6.45, 7) is 4.62. The van der Waals surface area contributed by atoms with Crippen LogP contribution in [0.25, 0.3) is 0 Å². The molecule has 1 amide bonds. The molecule has 1 aromatic rings. The number of aromatic carboxylic acids is 1. The molecule has 2 heterocycles. The number of carbonyl (C=O) groups is 2. The molecular formula is C10H13N3O3. The maximum Gasteiger partial charge on any atom is 0.341 e. The zero-order valence-corrected chi connectivity index (χ0v) is 9.17. The Morgan fingerprint density at radius 3 is 2.75 bits per heavy atom. The lowest BCUT2D eigenvalue weighted by atomic mass is 10.1. The number of hydrogen-bond acceptors (Lipinski definition) is 3. The van der Waals surface area contributed by atoms with Gasteiger partial charge in [0.05, 0.1) is 6.20 Å². The SMILES string of the molecule is CC(=O)N1CC(C)Cn2ncc(C(=O)O)c21. The summed E-state index contributed by atoms with van der Waals surface area (Å²) in [6.07, 6.45) is 1.30. The molecule has 0 bridgehead atoms. The molecule has 1 aliphatic rings. The van der Waals surface area contributed by atoms with E-state index in [-0.39, 0.29) is 17.4 Å². The van der Waals surface area contributed by atoms with Crippen LogP contribution in [0.3, 0.4) is 0 Å². The summed E-state index contributed by atoms with van der Waals surface area (Å²) in [5, 5.41) is 13.0. The monoisotopic (exact) mass is 223 g/mol. The molecular weight excluding hydrogens is 210 g/mol. The predicted molar refractivity (Wildman–Crippen MR) is 56.4 cm³/mol. The molecule has 1 unspecified atom stereocenters. The standard InChI is InChI=1S/C10H13N3O3/c1-6-4-12(7(2)14)9-8(10(15)16)3-11-13(9)5-6/h3,6H,4-5H2,1-2H3,(H,15,16). The number of fused-ring (bicyclic) bond motifs is 1. The minimum Gasteiger partial charge on any atom is -0.477 e. The van der Waals surface area contributed by atoms with Crippen LogP contribution >= 0.6 is 0 Å². The van der Waals surface area contributed by atoms with Gasteiger partial charge in [-0.05, 0) is 5.92 Å². The molecule has 6 nitrogen and oxygen atoms in total. The van der Waals surface area contributed by atoms with Crippen molar-refractivity contribution in [2.75, 3.05) is 11.4 Å². The number of amides is 1. The number of rotatable bonds is 1. The Morgan fingerprint density at radius 1 is 1.50 bits per heavy atom. The Hall–Kier alpha value is -1.85. The van der Waals surface area contributed by atoms with Gasteiger partial charge < -0.3 is 5.11 Å². The Balaban J connectivity index is 2.52. The van der Waals surface area contributed by atoms with Crippen molar-refractivity contribution in [2.45, 2.75) is 20.4 Å². The summed E-state index contributed by atoms with van der Waals surface area (Å²) in [4.78, 5) is 23.9. The van der Waals surface area contributed by atoms with Crippen molar-refractivity contribution in [3.05, 3.63) is 11.8 Å². The number of nitrogens with zero attached hydrogens (tertiary/aromatic N) is 3. The Labute approximate surface area is 92.5 Å². The highest BCUT2D eigenvalue weighted by molar-refractivity contribution is 6.00. The molecule has 1 aromatic heterocycles. The van der Waals surface area contributed by atoms with Gasteiger partial charge in [-0.3, -0.25) is 9.69 Å². The van der Waals surface area contributed by atoms with Gasteiger partial charge in [-0.2, -0.15) is 5.10 Å². The van der Waals surface area contributed by atoms with Crippen LogP contribution in [-0.2, 0) is 11.3 Å². The summed E-state index contributed by atoms with van der Waals surface area (Å²) in [5.74, 6) is -0.533. The molecule has 1 N–H and O–H groups in total. The normalized spacial score (nSPS) is 19.4. The smallest absolute Gasteiger partial charge is 0.341 e. The van der Waals surface area contributed by atoms with Gasteiger partial charge in [-0.25, -0.2) is 9.48 Å². The van der Waals surface area contributed by atoms with Crippen molar-refractivity contribution in [3.8, 4) is 0 Å². The van der Waals surface area contributed by atoms with E-state index in [1.165, 1.54) is 18.0 Å². The van der Waals surface area contributed by atoms with E-state index in [2.05, 4.69) is 5.10 Å². The van der Waals surface area contributed by atoms with E-state index in [0.717, 1.165) is 0 Å². The molecule has 0 aromatic carbocycles. The number of carboxylic acids is 1. The van der Waals surface area contributed by atoms with Crippen molar-refractivity contribution in [1.82, 2.24) is 9.78 Å². The molecule has 1 atom stereocenters. The number of aromatic nitrogens is 2. The number of carboxylic acid groups (broad SMARTS) is 1. The summed E-state index contributed by atoms with van der Waals surface area (Å²) >= 11 is 0. The minimum absolute atomic E-state index is 0.0853. The van der Waals surface area contributed by atoms with E-state index in [1.54, 1.807) is 4.68 Å². The molecule has 2 rings (SSSR count). The van der Waals surface area contributed by atoms with Crippen LogP contribution in [0.1, 0.15) is 24.2 Å². The van der Waals surface area contributed by atoms with Crippen molar-refractivity contribution in [3.63, 3.8) is 0 Å². The highest BCUT2D eigenvalue weighted by Gasteiger charge is 2.30. The number of anilines is 1.